The minimum atomic E-state index is -4.48. The van der Waals surface area contributed by atoms with E-state index in [4.69, 9.17) is 14.2 Å². The quantitative estimate of drug-likeness (QED) is 0.650. The van der Waals surface area contributed by atoms with Crippen LogP contribution in [0.2, 0.25) is 0 Å². The molecule has 1 amide bonds. The van der Waals surface area contributed by atoms with Gasteiger partial charge in [-0.3, -0.25) is 4.79 Å². The van der Waals surface area contributed by atoms with Crippen LogP contribution >= 0.6 is 0 Å². The Morgan fingerprint density at radius 3 is 2.72 bits per heavy atom. The third kappa shape index (κ3) is 5.20. The first-order chi connectivity index (χ1) is 17.3. The molecule has 1 N–H and O–H groups in total. The summed E-state index contributed by atoms with van der Waals surface area (Å²) in [4.78, 5) is 21.1. The average Bonchev–Trinajstić information content (AvgIpc) is 3.49. The number of carbonyl (C=O) groups is 1. The van der Waals surface area contributed by atoms with Gasteiger partial charge in [0.05, 0.1) is 24.2 Å². The minimum Gasteiger partial charge on any atom is -0.379 e. The fraction of sp³-hybridized carbons (Fsp3) is 0.760. The number of nitrogens with zero attached hydrogens (tertiary/aromatic N) is 3. The maximum Gasteiger partial charge on any atom is 0.433 e. The van der Waals surface area contributed by atoms with Crippen molar-refractivity contribution in [2.24, 2.45) is 5.92 Å². The predicted octanol–water partition coefficient (Wildman–Crippen LogP) is 2.47. The molecule has 8 nitrogen and oxygen atoms in total. The Balaban J connectivity index is 1.18. The topological polar surface area (TPSA) is 76.2 Å². The molecular weight excluding hydrogens is 477 g/mol. The molecule has 5 unspecified atom stereocenters. The van der Waals surface area contributed by atoms with Crippen molar-refractivity contribution in [2.75, 3.05) is 58.0 Å². The number of halogens is 3. The molecule has 4 heterocycles. The number of pyridine rings is 1. The van der Waals surface area contributed by atoms with E-state index in [9.17, 15) is 18.0 Å². The fourth-order valence-electron chi connectivity index (χ4n) is 6.29. The van der Waals surface area contributed by atoms with Gasteiger partial charge in [-0.25, -0.2) is 4.98 Å². The second-order valence-electron chi connectivity index (χ2n) is 10.3. The zero-order chi connectivity index (χ0) is 25.3. The second kappa shape index (κ2) is 10.4. The second-order valence-corrected chi connectivity index (χ2v) is 10.3. The van der Waals surface area contributed by atoms with Gasteiger partial charge in [-0.05, 0) is 44.2 Å². The molecule has 4 fully saturated rings. The van der Waals surface area contributed by atoms with Crippen LogP contribution in [0.1, 0.15) is 37.8 Å². The average molecular weight is 513 g/mol. The maximum absolute atomic E-state index is 13.6. The van der Waals surface area contributed by atoms with Crippen LogP contribution in [0.5, 0.6) is 0 Å². The molecule has 11 heteroatoms. The lowest BCUT2D eigenvalue weighted by atomic mass is 9.84. The highest BCUT2D eigenvalue weighted by atomic mass is 19.4. The number of amides is 1. The standard InChI is InChI=1S/C25H35F3N4O4/c1-34-20-16-35-13-7-19(20)29-17-5-8-24(15-17)18(6-14-36-24)23(33)32-11-9-31(10-12-32)22-4-2-3-21(30-22)25(26,27)28/h2-4,17-20,29H,5-16H2,1H3. The Kier molecular flexibility index (Phi) is 7.44. The van der Waals surface area contributed by atoms with E-state index in [1.807, 2.05) is 9.80 Å². The molecule has 0 aromatic carbocycles. The van der Waals surface area contributed by atoms with Crippen LogP contribution in [0.3, 0.4) is 0 Å². The van der Waals surface area contributed by atoms with Crippen LogP contribution in [-0.2, 0) is 25.2 Å². The van der Waals surface area contributed by atoms with Gasteiger partial charge in [0, 0.05) is 58.6 Å². The number of hydrogen-bond acceptors (Lipinski definition) is 7. The molecule has 1 spiro atoms. The Morgan fingerprint density at radius 2 is 1.97 bits per heavy atom. The van der Waals surface area contributed by atoms with E-state index in [0.29, 0.717) is 51.6 Å². The number of aromatic nitrogens is 1. The summed E-state index contributed by atoms with van der Waals surface area (Å²) in [6.07, 6.45) is -0.253. The number of methoxy groups -OCH3 is 1. The lowest BCUT2D eigenvalue weighted by Crippen LogP contribution is -2.54. The number of hydrogen-bond donors (Lipinski definition) is 1. The lowest BCUT2D eigenvalue weighted by molar-refractivity contribution is -0.142. The van der Waals surface area contributed by atoms with Gasteiger partial charge in [-0.2, -0.15) is 13.2 Å². The fourth-order valence-corrected chi connectivity index (χ4v) is 6.29. The molecule has 5 atom stereocenters. The molecule has 1 aromatic heterocycles. The normalized spacial score (nSPS) is 33.4. The van der Waals surface area contributed by atoms with Gasteiger partial charge >= 0.3 is 6.18 Å². The highest BCUT2D eigenvalue weighted by molar-refractivity contribution is 5.81. The summed E-state index contributed by atoms with van der Waals surface area (Å²) >= 11 is 0. The highest BCUT2D eigenvalue weighted by Gasteiger charge is 2.53. The monoisotopic (exact) mass is 512 g/mol. The first-order valence-electron chi connectivity index (χ1n) is 12.9. The van der Waals surface area contributed by atoms with E-state index in [1.54, 1.807) is 13.2 Å². The van der Waals surface area contributed by atoms with Crippen molar-refractivity contribution in [3.63, 3.8) is 0 Å². The number of carbonyl (C=O) groups excluding carboxylic acids is 1. The summed E-state index contributed by atoms with van der Waals surface area (Å²) in [5, 5.41) is 3.74. The van der Waals surface area contributed by atoms with Gasteiger partial charge in [0.15, 0.2) is 0 Å². The summed E-state index contributed by atoms with van der Waals surface area (Å²) in [5.41, 5.74) is -1.34. The molecule has 5 rings (SSSR count). The third-order valence-corrected chi connectivity index (χ3v) is 8.23. The molecule has 36 heavy (non-hydrogen) atoms. The van der Waals surface area contributed by atoms with Gasteiger partial charge in [0.1, 0.15) is 11.5 Å². The predicted molar refractivity (Wildman–Crippen MR) is 126 cm³/mol. The lowest BCUT2D eigenvalue weighted by Gasteiger charge is -2.39. The van der Waals surface area contributed by atoms with Crippen LogP contribution < -0.4 is 10.2 Å². The summed E-state index contributed by atoms with van der Waals surface area (Å²) in [6, 6.07) is 4.44. The Bertz CT molecular complexity index is 927. The number of alkyl halides is 3. The van der Waals surface area contributed by atoms with E-state index < -0.39 is 17.5 Å². The molecule has 3 saturated heterocycles. The van der Waals surface area contributed by atoms with E-state index in [1.165, 1.54) is 6.07 Å². The molecule has 3 aliphatic heterocycles. The van der Waals surface area contributed by atoms with Crippen LogP contribution in [-0.4, -0.2) is 92.7 Å². The third-order valence-electron chi connectivity index (χ3n) is 8.23. The molecule has 0 bridgehead atoms. The van der Waals surface area contributed by atoms with Gasteiger partial charge in [0.25, 0.3) is 0 Å². The number of rotatable bonds is 5. The molecule has 4 aliphatic rings. The SMILES string of the molecule is COC1COCCC1NC1CCC2(C1)OCCC2C(=O)N1CCN(c2cccc(C(F)(F)F)n2)CC1. The molecular formula is C25H35F3N4O4. The van der Waals surface area contributed by atoms with Crippen molar-refractivity contribution in [2.45, 2.75) is 62.1 Å². The molecule has 200 valence electrons. The van der Waals surface area contributed by atoms with Crippen LogP contribution in [0.15, 0.2) is 18.2 Å². The number of anilines is 1. The van der Waals surface area contributed by atoms with Crippen LogP contribution in [0.4, 0.5) is 19.0 Å². The van der Waals surface area contributed by atoms with Gasteiger partial charge in [0.2, 0.25) is 5.91 Å². The van der Waals surface area contributed by atoms with Crippen molar-refractivity contribution in [3.8, 4) is 0 Å². The van der Waals surface area contributed by atoms with Crippen molar-refractivity contribution < 1.29 is 32.2 Å². The van der Waals surface area contributed by atoms with Crippen molar-refractivity contribution in [1.29, 1.82) is 0 Å². The number of piperazine rings is 1. The zero-order valence-corrected chi connectivity index (χ0v) is 20.6. The van der Waals surface area contributed by atoms with Crippen molar-refractivity contribution in [3.05, 3.63) is 23.9 Å². The first-order valence-corrected chi connectivity index (χ1v) is 12.9. The molecule has 1 saturated carbocycles. The van der Waals surface area contributed by atoms with Crippen LogP contribution in [0, 0.1) is 5.92 Å². The van der Waals surface area contributed by atoms with Crippen LogP contribution in [0.25, 0.3) is 0 Å². The van der Waals surface area contributed by atoms with Gasteiger partial charge in [-0.15, -0.1) is 0 Å². The molecule has 1 aliphatic carbocycles. The zero-order valence-electron chi connectivity index (χ0n) is 20.6. The summed E-state index contributed by atoms with van der Waals surface area (Å²) in [5.74, 6) is 0.214. The summed E-state index contributed by atoms with van der Waals surface area (Å²) < 4.78 is 56.6. The van der Waals surface area contributed by atoms with E-state index in [-0.39, 0.29) is 30.0 Å². The van der Waals surface area contributed by atoms with E-state index >= 15 is 0 Å². The smallest absolute Gasteiger partial charge is 0.379 e. The highest BCUT2D eigenvalue weighted by Crippen LogP contribution is 2.46. The first kappa shape index (κ1) is 25.7. The minimum absolute atomic E-state index is 0.0276. The van der Waals surface area contributed by atoms with Gasteiger partial charge < -0.3 is 29.3 Å². The summed E-state index contributed by atoms with van der Waals surface area (Å²) in [6.45, 7) is 3.71. The number of nitrogens with one attached hydrogen (secondary N) is 1. The largest absolute Gasteiger partial charge is 0.433 e. The molecule has 1 aromatic rings. The maximum atomic E-state index is 13.6. The Labute approximate surface area is 209 Å². The van der Waals surface area contributed by atoms with E-state index in [0.717, 1.165) is 38.4 Å². The molecule has 0 radical (unpaired) electrons. The Hall–Kier alpha value is -1.95. The number of ether oxygens (including phenoxy) is 3. The van der Waals surface area contributed by atoms with E-state index in [2.05, 4.69) is 10.3 Å². The van der Waals surface area contributed by atoms with Crippen molar-refractivity contribution >= 4 is 11.7 Å². The van der Waals surface area contributed by atoms with Gasteiger partial charge in [-0.1, -0.05) is 6.07 Å². The van der Waals surface area contributed by atoms with Crippen molar-refractivity contribution in [1.82, 2.24) is 15.2 Å². The summed E-state index contributed by atoms with van der Waals surface area (Å²) in [7, 11) is 1.71. The Morgan fingerprint density at radius 1 is 1.17 bits per heavy atom.